The minimum atomic E-state index is -0.530. The van der Waals surface area contributed by atoms with Crippen molar-refractivity contribution >= 4 is 29.3 Å². The summed E-state index contributed by atoms with van der Waals surface area (Å²) in [5, 5.41) is 10.6. The van der Waals surface area contributed by atoms with Gasteiger partial charge in [0.25, 0.3) is 5.89 Å². The molecule has 2 aromatic carbocycles. The number of carbonyl (C=O) groups is 2. The molecule has 0 saturated carbocycles. The van der Waals surface area contributed by atoms with E-state index in [0.29, 0.717) is 22.9 Å². The normalized spacial score (nSPS) is 13.0. The zero-order valence-corrected chi connectivity index (χ0v) is 14.3. The number of esters is 1. The Morgan fingerprint density at radius 2 is 2.04 bits per heavy atom. The van der Waals surface area contributed by atoms with Crippen LogP contribution in [0.1, 0.15) is 16.2 Å². The van der Waals surface area contributed by atoms with Crippen LogP contribution in [-0.2, 0) is 16.1 Å². The molecule has 1 N–H and O–H groups in total. The molecule has 130 valence electrons. The van der Waals surface area contributed by atoms with Gasteiger partial charge < -0.3 is 14.5 Å². The summed E-state index contributed by atoms with van der Waals surface area (Å²) >= 11 is 1.43. The molecule has 7 nitrogen and oxygen atoms in total. The van der Waals surface area contributed by atoms with E-state index in [0.717, 1.165) is 10.5 Å². The van der Waals surface area contributed by atoms with E-state index in [2.05, 4.69) is 15.5 Å². The average Bonchev–Trinajstić information content (AvgIpc) is 3.15. The summed E-state index contributed by atoms with van der Waals surface area (Å²) in [6.45, 7) is -0.128. The number of nitrogens with one attached hydrogen (secondary N) is 1. The molecule has 4 rings (SSSR count). The monoisotopic (exact) mass is 367 g/mol. The highest BCUT2D eigenvalue weighted by Gasteiger charge is 2.18. The second-order valence-electron chi connectivity index (χ2n) is 5.49. The van der Waals surface area contributed by atoms with Crippen LogP contribution in [0.5, 0.6) is 0 Å². The fourth-order valence-corrected chi connectivity index (χ4v) is 3.22. The maximum absolute atomic E-state index is 12.2. The maximum Gasteiger partial charge on any atom is 0.338 e. The number of hydrogen-bond donors (Lipinski definition) is 1. The Balaban J connectivity index is 1.42. The molecule has 8 heteroatoms. The van der Waals surface area contributed by atoms with Gasteiger partial charge in [0.2, 0.25) is 11.8 Å². The molecular formula is C18H13N3O4S. The van der Waals surface area contributed by atoms with Gasteiger partial charge in [0, 0.05) is 10.5 Å². The molecule has 0 fully saturated rings. The number of hydrogen-bond acceptors (Lipinski definition) is 7. The summed E-state index contributed by atoms with van der Waals surface area (Å²) < 4.78 is 10.7. The molecule has 26 heavy (non-hydrogen) atoms. The summed E-state index contributed by atoms with van der Waals surface area (Å²) in [5.74, 6) is 0.325. The first kappa shape index (κ1) is 16.3. The van der Waals surface area contributed by atoms with Crippen LogP contribution < -0.4 is 5.32 Å². The van der Waals surface area contributed by atoms with Crippen LogP contribution in [-0.4, -0.2) is 27.8 Å². The number of ether oxygens (including phenoxy) is 1. The predicted octanol–water partition coefficient (Wildman–Crippen LogP) is 3.14. The van der Waals surface area contributed by atoms with Gasteiger partial charge in [0.15, 0.2) is 6.61 Å². The van der Waals surface area contributed by atoms with Crippen LogP contribution in [0.25, 0.3) is 11.5 Å². The van der Waals surface area contributed by atoms with Crippen LogP contribution in [0.3, 0.4) is 0 Å². The van der Waals surface area contributed by atoms with Gasteiger partial charge in [-0.2, -0.15) is 0 Å². The third-order valence-corrected chi connectivity index (χ3v) is 4.74. The van der Waals surface area contributed by atoms with E-state index in [4.69, 9.17) is 9.15 Å². The van der Waals surface area contributed by atoms with Gasteiger partial charge in [-0.15, -0.1) is 22.0 Å². The smallest absolute Gasteiger partial charge is 0.338 e. The van der Waals surface area contributed by atoms with E-state index in [1.807, 2.05) is 30.3 Å². The fraction of sp³-hybridized carbons (Fsp3) is 0.111. The number of rotatable bonds is 4. The highest BCUT2D eigenvalue weighted by Crippen LogP contribution is 2.32. The van der Waals surface area contributed by atoms with Gasteiger partial charge in [0.05, 0.1) is 17.0 Å². The van der Waals surface area contributed by atoms with Crippen molar-refractivity contribution in [2.75, 3.05) is 11.1 Å². The zero-order valence-electron chi connectivity index (χ0n) is 13.5. The number of carbonyl (C=O) groups excluding carboxylic acids is 2. The first-order valence-corrected chi connectivity index (χ1v) is 8.79. The molecule has 0 aliphatic carbocycles. The molecule has 0 spiro atoms. The van der Waals surface area contributed by atoms with Crippen molar-refractivity contribution in [3.05, 3.63) is 60.0 Å². The second-order valence-corrected chi connectivity index (χ2v) is 6.51. The van der Waals surface area contributed by atoms with Gasteiger partial charge in [-0.1, -0.05) is 18.2 Å². The predicted molar refractivity (Wildman–Crippen MR) is 94.6 cm³/mol. The van der Waals surface area contributed by atoms with Gasteiger partial charge in [-0.05, 0) is 30.3 Å². The first-order chi connectivity index (χ1) is 12.7. The quantitative estimate of drug-likeness (QED) is 0.708. The molecular weight excluding hydrogens is 354 g/mol. The van der Waals surface area contributed by atoms with Crippen molar-refractivity contribution in [1.29, 1.82) is 0 Å². The van der Waals surface area contributed by atoms with E-state index >= 15 is 0 Å². The standard InChI is InChI=1S/C18H13N3O4S/c22-15-10-26-14-7-6-12(8-13(14)19-15)18(23)24-9-16-20-21-17(25-16)11-4-2-1-3-5-11/h1-8H,9-10H2,(H,19,22). The van der Waals surface area contributed by atoms with Crippen LogP contribution in [0.4, 0.5) is 5.69 Å². The van der Waals surface area contributed by atoms with Gasteiger partial charge in [-0.25, -0.2) is 4.79 Å². The summed E-state index contributed by atoms with van der Waals surface area (Å²) in [6.07, 6.45) is 0. The third-order valence-electron chi connectivity index (χ3n) is 3.66. The summed E-state index contributed by atoms with van der Waals surface area (Å²) in [4.78, 5) is 24.6. The summed E-state index contributed by atoms with van der Waals surface area (Å²) in [5.41, 5.74) is 1.75. The lowest BCUT2D eigenvalue weighted by Crippen LogP contribution is -2.19. The van der Waals surface area contributed by atoms with E-state index in [1.165, 1.54) is 11.8 Å². The Morgan fingerprint density at radius 3 is 2.88 bits per heavy atom. The zero-order chi connectivity index (χ0) is 17.9. The van der Waals surface area contributed by atoms with Gasteiger partial charge >= 0.3 is 5.97 Å². The Kier molecular flexibility index (Phi) is 4.40. The number of thioether (sulfide) groups is 1. The minimum absolute atomic E-state index is 0.0904. The molecule has 0 radical (unpaired) electrons. The van der Waals surface area contributed by atoms with E-state index < -0.39 is 5.97 Å². The van der Waals surface area contributed by atoms with Crippen molar-refractivity contribution in [2.24, 2.45) is 0 Å². The molecule has 1 aromatic heterocycles. The third kappa shape index (κ3) is 3.45. The topological polar surface area (TPSA) is 94.3 Å². The van der Waals surface area contributed by atoms with Crippen LogP contribution >= 0.6 is 11.8 Å². The average molecular weight is 367 g/mol. The largest absolute Gasteiger partial charge is 0.452 e. The minimum Gasteiger partial charge on any atom is -0.452 e. The van der Waals surface area contributed by atoms with Crippen LogP contribution in [0, 0.1) is 0 Å². The lowest BCUT2D eigenvalue weighted by Gasteiger charge is -2.16. The first-order valence-electron chi connectivity index (χ1n) is 7.81. The number of amides is 1. The molecule has 1 aliphatic heterocycles. The number of fused-ring (bicyclic) bond motifs is 1. The summed E-state index contributed by atoms with van der Waals surface area (Å²) in [6, 6.07) is 14.4. The molecule has 0 saturated heterocycles. The van der Waals surface area contributed by atoms with Crippen molar-refractivity contribution < 1.29 is 18.7 Å². The lowest BCUT2D eigenvalue weighted by atomic mass is 10.2. The highest BCUT2D eigenvalue weighted by atomic mass is 32.2. The van der Waals surface area contributed by atoms with Crippen LogP contribution in [0.15, 0.2) is 57.8 Å². The Bertz CT molecular complexity index is 972. The highest BCUT2D eigenvalue weighted by molar-refractivity contribution is 8.00. The fourth-order valence-electron chi connectivity index (χ4n) is 2.43. The molecule has 3 aromatic rings. The number of aromatic nitrogens is 2. The molecule has 2 heterocycles. The maximum atomic E-state index is 12.2. The Hall–Kier alpha value is -3.13. The van der Waals surface area contributed by atoms with Crippen molar-refractivity contribution in [3.63, 3.8) is 0 Å². The summed E-state index contributed by atoms with van der Waals surface area (Å²) in [7, 11) is 0. The lowest BCUT2D eigenvalue weighted by molar-refractivity contribution is -0.113. The second kappa shape index (κ2) is 7.01. The van der Waals surface area contributed by atoms with Crippen molar-refractivity contribution in [3.8, 4) is 11.5 Å². The van der Waals surface area contributed by atoms with Crippen molar-refractivity contribution in [2.45, 2.75) is 11.5 Å². The van der Waals surface area contributed by atoms with Crippen LogP contribution in [0.2, 0.25) is 0 Å². The van der Waals surface area contributed by atoms with Crippen molar-refractivity contribution in [1.82, 2.24) is 10.2 Å². The molecule has 1 amide bonds. The molecule has 0 bridgehead atoms. The molecule has 0 atom stereocenters. The molecule has 1 aliphatic rings. The number of anilines is 1. The van der Waals surface area contributed by atoms with E-state index in [1.54, 1.807) is 18.2 Å². The molecule has 0 unspecified atom stereocenters. The SMILES string of the molecule is O=C1CSc2ccc(C(=O)OCc3nnc(-c4ccccc4)o3)cc2N1. The van der Waals surface area contributed by atoms with Gasteiger partial charge in [-0.3, -0.25) is 4.79 Å². The van der Waals surface area contributed by atoms with E-state index in [-0.39, 0.29) is 18.4 Å². The number of nitrogens with zero attached hydrogens (tertiary/aromatic N) is 2. The van der Waals surface area contributed by atoms with Gasteiger partial charge in [0.1, 0.15) is 0 Å². The number of benzene rings is 2. The Morgan fingerprint density at radius 1 is 1.19 bits per heavy atom. The van der Waals surface area contributed by atoms with E-state index in [9.17, 15) is 9.59 Å². The Labute approximate surface area is 152 Å².